The topological polar surface area (TPSA) is 54.5 Å². The van der Waals surface area contributed by atoms with Gasteiger partial charge >= 0.3 is 0 Å². The van der Waals surface area contributed by atoms with E-state index >= 15 is 0 Å². The van der Waals surface area contributed by atoms with Crippen molar-refractivity contribution in [3.05, 3.63) is 23.9 Å². The van der Waals surface area contributed by atoms with E-state index in [0.29, 0.717) is 17.5 Å². The Morgan fingerprint density at radius 3 is 3.06 bits per heavy atom. The number of piperazine rings is 1. The van der Waals surface area contributed by atoms with E-state index in [1.165, 1.54) is 7.11 Å². The van der Waals surface area contributed by atoms with Crippen LogP contribution in [0.15, 0.2) is 18.3 Å². The van der Waals surface area contributed by atoms with Gasteiger partial charge in [0.05, 0.1) is 7.11 Å². The lowest BCUT2D eigenvalue weighted by atomic mass is 10.2. The molecule has 5 nitrogen and oxygen atoms in total. The van der Waals surface area contributed by atoms with Crippen LogP contribution in [0.5, 0.6) is 5.88 Å². The van der Waals surface area contributed by atoms with Crippen molar-refractivity contribution >= 4 is 18.3 Å². The van der Waals surface area contributed by atoms with Crippen LogP contribution >= 0.6 is 12.4 Å². The molecule has 2 heterocycles. The van der Waals surface area contributed by atoms with Crippen LogP contribution < -0.4 is 10.1 Å². The number of amides is 1. The fourth-order valence-electron chi connectivity index (χ4n) is 2.00. The van der Waals surface area contributed by atoms with Crippen LogP contribution in [0, 0.1) is 0 Å². The molecule has 1 saturated heterocycles. The smallest absolute Gasteiger partial charge is 0.259 e. The lowest BCUT2D eigenvalue weighted by Crippen LogP contribution is -2.51. The number of carbonyl (C=O) groups excluding carboxylic acids is 1. The first-order chi connectivity index (χ1) is 8.22. The number of ether oxygens (including phenoxy) is 1. The van der Waals surface area contributed by atoms with Gasteiger partial charge in [0.15, 0.2) is 0 Å². The molecule has 1 atom stereocenters. The molecule has 6 heteroatoms. The second-order valence-corrected chi connectivity index (χ2v) is 4.17. The molecule has 100 valence electrons. The van der Waals surface area contributed by atoms with Gasteiger partial charge in [-0.15, -0.1) is 12.4 Å². The maximum absolute atomic E-state index is 12.3. The zero-order valence-electron chi connectivity index (χ0n) is 10.5. The average molecular weight is 272 g/mol. The molecule has 1 fully saturated rings. The van der Waals surface area contributed by atoms with E-state index in [1.54, 1.807) is 18.3 Å². The van der Waals surface area contributed by atoms with Crippen LogP contribution in [0.3, 0.4) is 0 Å². The van der Waals surface area contributed by atoms with Crippen LogP contribution in [-0.2, 0) is 0 Å². The van der Waals surface area contributed by atoms with E-state index in [-0.39, 0.29) is 18.3 Å². The van der Waals surface area contributed by atoms with E-state index in [1.807, 2.05) is 4.90 Å². The molecule has 1 N–H and O–H groups in total. The number of pyridine rings is 1. The van der Waals surface area contributed by atoms with E-state index in [0.717, 1.165) is 19.6 Å². The summed E-state index contributed by atoms with van der Waals surface area (Å²) < 4.78 is 5.11. The van der Waals surface area contributed by atoms with E-state index in [9.17, 15) is 4.79 Å². The van der Waals surface area contributed by atoms with Crippen molar-refractivity contribution in [3.8, 4) is 5.88 Å². The average Bonchev–Trinajstić information content (AvgIpc) is 2.38. The maximum atomic E-state index is 12.3. The fraction of sp³-hybridized carbons (Fsp3) is 0.500. The molecule has 1 aliphatic heterocycles. The highest BCUT2D eigenvalue weighted by Gasteiger charge is 2.24. The minimum Gasteiger partial charge on any atom is -0.480 e. The number of hydrogen-bond acceptors (Lipinski definition) is 4. The molecule has 0 aliphatic carbocycles. The Balaban J connectivity index is 0.00000162. The number of aromatic nitrogens is 1. The molecule has 0 unspecified atom stereocenters. The van der Waals surface area contributed by atoms with Crippen molar-refractivity contribution in [1.29, 1.82) is 0 Å². The molecule has 0 saturated carbocycles. The SMILES string of the molecule is COc1ncccc1C(=O)N1CCN[C@H](C)C1.Cl. The minimum absolute atomic E-state index is 0. The second-order valence-electron chi connectivity index (χ2n) is 4.17. The fourth-order valence-corrected chi connectivity index (χ4v) is 2.00. The van der Waals surface area contributed by atoms with Crippen LogP contribution in [0.2, 0.25) is 0 Å². The summed E-state index contributed by atoms with van der Waals surface area (Å²) >= 11 is 0. The van der Waals surface area contributed by atoms with Crippen LogP contribution in [-0.4, -0.2) is 48.6 Å². The first kappa shape index (κ1) is 14.7. The monoisotopic (exact) mass is 271 g/mol. The summed E-state index contributed by atoms with van der Waals surface area (Å²) in [5.41, 5.74) is 0.532. The van der Waals surface area contributed by atoms with Crippen molar-refractivity contribution in [2.75, 3.05) is 26.7 Å². The van der Waals surface area contributed by atoms with E-state index in [4.69, 9.17) is 4.74 Å². The van der Waals surface area contributed by atoms with Gasteiger partial charge in [0.2, 0.25) is 5.88 Å². The molecular weight excluding hydrogens is 254 g/mol. The Hall–Kier alpha value is -1.33. The zero-order valence-corrected chi connectivity index (χ0v) is 11.4. The van der Waals surface area contributed by atoms with Crippen molar-refractivity contribution in [2.45, 2.75) is 13.0 Å². The zero-order chi connectivity index (χ0) is 12.3. The van der Waals surface area contributed by atoms with Gasteiger partial charge in [-0.2, -0.15) is 0 Å². The van der Waals surface area contributed by atoms with Gasteiger partial charge < -0.3 is 15.0 Å². The number of methoxy groups -OCH3 is 1. The lowest BCUT2D eigenvalue weighted by Gasteiger charge is -2.32. The van der Waals surface area contributed by atoms with Gasteiger partial charge in [0.25, 0.3) is 5.91 Å². The molecule has 18 heavy (non-hydrogen) atoms. The number of halogens is 1. The number of nitrogens with one attached hydrogen (secondary N) is 1. The third-order valence-electron chi connectivity index (χ3n) is 2.85. The molecule has 1 aliphatic rings. The van der Waals surface area contributed by atoms with Gasteiger partial charge in [0, 0.05) is 31.9 Å². The molecule has 0 spiro atoms. The Morgan fingerprint density at radius 1 is 1.61 bits per heavy atom. The molecule has 1 aromatic rings. The normalized spacial score (nSPS) is 19.0. The van der Waals surface area contributed by atoms with Crippen molar-refractivity contribution in [2.24, 2.45) is 0 Å². The standard InChI is InChI=1S/C12H17N3O2.ClH/c1-9-8-15(7-6-13-9)12(16)10-4-3-5-14-11(10)17-2;/h3-5,9,13H,6-8H2,1-2H3;1H/t9-;/m1./s1. The first-order valence-electron chi connectivity index (χ1n) is 5.74. The van der Waals surface area contributed by atoms with Gasteiger partial charge in [-0.05, 0) is 19.1 Å². The molecule has 1 amide bonds. The number of nitrogens with zero attached hydrogens (tertiary/aromatic N) is 2. The van der Waals surface area contributed by atoms with Crippen LogP contribution in [0.25, 0.3) is 0 Å². The summed E-state index contributed by atoms with van der Waals surface area (Å²) in [5.74, 6) is 0.381. The van der Waals surface area contributed by atoms with Crippen LogP contribution in [0.1, 0.15) is 17.3 Å². The highest BCUT2D eigenvalue weighted by atomic mass is 35.5. The summed E-state index contributed by atoms with van der Waals surface area (Å²) in [7, 11) is 1.53. The Bertz CT molecular complexity index is 414. The van der Waals surface area contributed by atoms with Gasteiger partial charge in [-0.3, -0.25) is 4.79 Å². The van der Waals surface area contributed by atoms with Crippen molar-refractivity contribution < 1.29 is 9.53 Å². The quantitative estimate of drug-likeness (QED) is 0.870. The highest BCUT2D eigenvalue weighted by Crippen LogP contribution is 2.16. The summed E-state index contributed by atoms with van der Waals surface area (Å²) in [6, 6.07) is 3.83. The summed E-state index contributed by atoms with van der Waals surface area (Å²) in [4.78, 5) is 18.2. The molecule has 0 bridgehead atoms. The van der Waals surface area contributed by atoms with E-state index < -0.39 is 0 Å². The van der Waals surface area contributed by atoms with Gasteiger partial charge in [0.1, 0.15) is 5.56 Å². The molecule has 0 radical (unpaired) electrons. The lowest BCUT2D eigenvalue weighted by molar-refractivity contribution is 0.0705. The largest absolute Gasteiger partial charge is 0.480 e. The van der Waals surface area contributed by atoms with Crippen LogP contribution in [0.4, 0.5) is 0 Å². The Labute approximate surface area is 113 Å². The molecular formula is C12H18ClN3O2. The highest BCUT2D eigenvalue weighted by molar-refractivity contribution is 5.96. The third kappa shape index (κ3) is 3.11. The first-order valence-corrected chi connectivity index (χ1v) is 5.74. The molecule has 0 aromatic carbocycles. The van der Waals surface area contributed by atoms with E-state index in [2.05, 4.69) is 17.2 Å². The van der Waals surface area contributed by atoms with Gasteiger partial charge in [-0.25, -0.2) is 4.98 Å². The minimum atomic E-state index is -0.0108. The predicted octanol–water partition coefficient (Wildman–Crippen LogP) is 0.946. The Kier molecular flexibility index (Phi) is 5.37. The van der Waals surface area contributed by atoms with Gasteiger partial charge in [-0.1, -0.05) is 0 Å². The summed E-state index contributed by atoms with van der Waals surface area (Å²) in [6.45, 7) is 4.34. The second kappa shape index (κ2) is 6.56. The van der Waals surface area contributed by atoms with Crippen molar-refractivity contribution in [3.63, 3.8) is 0 Å². The predicted molar refractivity (Wildman–Crippen MR) is 71.4 cm³/mol. The Morgan fingerprint density at radius 2 is 2.39 bits per heavy atom. The number of rotatable bonds is 2. The summed E-state index contributed by atoms with van der Waals surface area (Å²) in [6.07, 6.45) is 1.62. The molecule has 1 aromatic heterocycles. The maximum Gasteiger partial charge on any atom is 0.259 e. The summed E-state index contributed by atoms with van der Waals surface area (Å²) in [5, 5.41) is 3.31. The number of hydrogen-bond donors (Lipinski definition) is 1. The third-order valence-corrected chi connectivity index (χ3v) is 2.85. The molecule has 2 rings (SSSR count). The number of carbonyl (C=O) groups is 1. The van der Waals surface area contributed by atoms with Crippen molar-refractivity contribution in [1.82, 2.24) is 15.2 Å².